The van der Waals surface area contributed by atoms with Crippen LogP contribution in [0, 0.1) is 12.5 Å². The van der Waals surface area contributed by atoms with Crippen LogP contribution in [0.25, 0.3) is 0 Å². The van der Waals surface area contributed by atoms with Gasteiger partial charge in [-0.25, -0.2) is 0 Å². The molecule has 0 amide bonds. The lowest BCUT2D eigenvalue weighted by molar-refractivity contribution is 0.0245. The molecule has 0 radical (unpaired) electrons. The van der Waals surface area contributed by atoms with Gasteiger partial charge in [-0.2, -0.15) is 0 Å². The van der Waals surface area contributed by atoms with E-state index in [1.807, 2.05) is 30.3 Å². The molecule has 0 saturated carbocycles. The second-order valence-corrected chi connectivity index (χ2v) is 3.35. The minimum absolute atomic E-state index is 0.410. The van der Waals surface area contributed by atoms with E-state index in [2.05, 4.69) is 10.8 Å². The first-order valence-electron chi connectivity index (χ1n) is 5.84. The average Bonchev–Trinajstić information content (AvgIpc) is 2.42. The molecule has 0 atom stereocenters. The van der Waals surface area contributed by atoms with Gasteiger partial charge in [0.15, 0.2) is 0 Å². The van der Waals surface area contributed by atoms with Crippen LogP contribution in [0.5, 0.6) is 5.75 Å². The largest absolute Gasteiger partial charge is 0.491 e. The number of ether oxygens (including phenoxy) is 4. The van der Waals surface area contributed by atoms with Gasteiger partial charge in [0.25, 0.3) is 0 Å². The molecular formula is C14H18O4. The van der Waals surface area contributed by atoms with Crippen molar-refractivity contribution in [3.63, 3.8) is 0 Å². The second kappa shape index (κ2) is 10.5. The molecule has 0 spiro atoms. The summed E-state index contributed by atoms with van der Waals surface area (Å²) in [6.45, 7) is 3.03. The molecule has 1 aromatic carbocycles. The maximum absolute atomic E-state index is 5.46. The number of rotatable bonds is 10. The van der Waals surface area contributed by atoms with Gasteiger partial charge in [0.05, 0.1) is 26.4 Å². The topological polar surface area (TPSA) is 36.9 Å². The van der Waals surface area contributed by atoms with Crippen molar-refractivity contribution >= 4 is 0 Å². The molecule has 0 fully saturated rings. The molecule has 98 valence electrons. The molecule has 0 aliphatic carbocycles. The number of hydrogen-bond acceptors (Lipinski definition) is 4. The first kappa shape index (κ1) is 14.4. The molecule has 4 nitrogen and oxygen atoms in total. The first-order valence-corrected chi connectivity index (χ1v) is 5.84. The van der Waals surface area contributed by atoms with Gasteiger partial charge in [0, 0.05) is 0 Å². The Balaban J connectivity index is 1.83. The molecule has 0 N–H and O–H groups in total. The van der Waals surface area contributed by atoms with Gasteiger partial charge in [-0.15, -0.1) is 0 Å². The third kappa shape index (κ3) is 7.55. The molecule has 4 heteroatoms. The SMILES string of the molecule is C#COCCOCCOCCOc1ccccc1. The molecular weight excluding hydrogens is 232 g/mol. The molecule has 0 aliphatic heterocycles. The molecule has 18 heavy (non-hydrogen) atoms. The monoisotopic (exact) mass is 250 g/mol. The Hall–Kier alpha value is -1.70. The van der Waals surface area contributed by atoms with Crippen LogP contribution >= 0.6 is 0 Å². The summed E-state index contributed by atoms with van der Waals surface area (Å²) in [6, 6.07) is 9.64. The van der Waals surface area contributed by atoms with E-state index < -0.39 is 0 Å². The van der Waals surface area contributed by atoms with Crippen LogP contribution in [-0.2, 0) is 14.2 Å². The van der Waals surface area contributed by atoms with Crippen LogP contribution in [0.15, 0.2) is 30.3 Å². The minimum atomic E-state index is 0.410. The summed E-state index contributed by atoms with van der Waals surface area (Å²) in [5.74, 6) is 0.851. The van der Waals surface area contributed by atoms with E-state index in [0.29, 0.717) is 39.6 Å². The van der Waals surface area contributed by atoms with Crippen molar-refractivity contribution in [3.05, 3.63) is 30.3 Å². The van der Waals surface area contributed by atoms with Crippen molar-refractivity contribution in [2.24, 2.45) is 0 Å². The maximum atomic E-state index is 5.46. The highest BCUT2D eigenvalue weighted by molar-refractivity contribution is 5.20. The normalized spacial score (nSPS) is 9.72. The Labute approximate surface area is 108 Å². The standard InChI is InChI=1S/C14H18O4/c1-2-15-8-9-16-10-11-17-12-13-18-14-6-4-3-5-7-14/h1,3-7H,8-13H2. The molecule has 0 saturated heterocycles. The van der Waals surface area contributed by atoms with Crippen LogP contribution in [-0.4, -0.2) is 39.6 Å². The second-order valence-electron chi connectivity index (χ2n) is 3.35. The van der Waals surface area contributed by atoms with Crippen molar-refractivity contribution < 1.29 is 18.9 Å². The fourth-order valence-corrected chi connectivity index (χ4v) is 1.22. The third-order valence-electron chi connectivity index (χ3n) is 2.02. The lowest BCUT2D eigenvalue weighted by Crippen LogP contribution is -2.12. The highest BCUT2D eigenvalue weighted by Gasteiger charge is 1.93. The van der Waals surface area contributed by atoms with Crippen molar-refractivity contribution in [2.45, 2.75) is 0 Å². The van der Waals surface area contributed by atoms with Crippen molar-refractivity contribution in [1.82, 2.24) is 0 Å². The first-order chi connectivity index (χ1) is 8.93. The smallest absolute Gasteiger partial charge is 0.123 e. The van der Waals surface area contributed by atoms with Crippen LogP contribution in [0.2, 0.25) is 0 Å². The van der Waals surface area contributed by atoms with Crippen LogP contribution in [0.3, 0.4) is 0 Å². The highest BCUT2D eigenvalue weighted by Crippen LogP contribution is 2.07. The number of para-hydroxylation sites is 1. The summed E-state index contributed by atoms with van der Waals surface area (Å²) in [6.07, 6.45) is 6.98. The molecule has 0 unspecified atom stereocenters. The van der Waals surface area contributed by atoms with Crippen LogP contribution < -0.4 is 4.74 Å². The van der Waals surface area contributed by atoms with Crippen LogP contribution in [0.1, 0.15) is 0 Å². The van der Waals surface area contributed by atoms with E-state index in [0.717, 1.165) is 5.75 Å². The Morgan fingerprint density at radius 3 is 2.11 bits per heavy atom. The molecule has 0 aliphatic rings. The van der Waals surface area contributed by atoms with Gasteiger partial charge in [0.1, 0.15) is 25.1 Å². The van der Waals surface area contributed by atoms with E-state index in [4.69, 9.17) is 20.6 Å². The minimum Gasteiger partial charge on any atom is -0.491 e. The fraction of sp³-hybridized carbons (Fsp3) is 0.429. The van der Waals surface area contributed by atoms with Crippen molar-refractivity contribution in [1.29, 1.82) is 0 Å². The summed E-state index contributed by atoms with van der Waals surface area (Å²) < 4.78 is 20.7. The Bertz CT molecular complexity index is 331. The molecule has 0 bridgehead atoms. The van der Waals surface area contributed by atoms with Crippen molar-refractivity contribution in [3.8, 4) is 18.3 Å². The van der Waals surface area contributed by atoms with E-state index in [9.17, 15) is 0 Å². The Morgan fingerprint density at radius 1 is 0.833 bits per heavy atom. The van der Waals surface area contributed by atoms with Gasteiger partial charge in [-0.1, -0.05) is 24.6 Å². The number of terminal acetylenes is 1. The summed E-state index contributed by atoms with van der Waals surface area (Å²) >= 11 is 0. The zero-order valence-corrected chi connectivity index (χ0v) is 10.3. The van der Waals surface area contributed by atoms with E-state index in [1.165, 1.54) is 0 Å². The molecule has 1 aromatic rings. The summed E-state index contributed by atoms with van der Waals surface area (Å²) in [7, 11) is 0. The zero-order chi connectivity index (χ0) is 12.9. The maximum Gasteiger partial charge on any atom is 0.123 e. The van der Waals surface area contributed by atoms with Gasteiger partial charge >= 0.3 is 0 Å². The van der Waals surface area contributed by atoms with Gasteiger partial charge in [-0.05, 0) is 12.1 Å². The van der Waals surface area contributed by atoms with Gasteiger partial charge < -0.3 is 18.9 Å². The van der Waals surface area contributed by atoms with Gasteiger partial charge in [-0.3, -0.25) is 0 Å². The lowest BCUT2D eigenvalue weighted by atomic mass is 10.3. The van der Waals surface area contributed by atoms with E-state index in [-0.39, 0.29) is 0 Å². The van der Waals surface area contributed by atoms with Crippen molar-refractivity contribution in [2.75, 3.05) is 39.6 Å². The fourth-order valence-electron chi connectivity index (χ4n) is 1.22. The molecule has 0 aromatic heterocycles. The summed E-state index contributed by atoms with van der Waals surface area (Å²) in [4.78, 5) is 0. The third-order valence-corrected chi connectivity index (χ3v) is 2.02. The quantitative estimate of drug-likeness (QED) is 0.468. The summed E-state index contributed by atoms with van der Waals surface area (Å²) in [5, 5.41) is 0. The summed E-state index contributed by atoms with van der Waals surface area (Å²) in [5.41, 5.74) is 0. The lowest BCUT2D eigenvalue weighted by Gasteiger charge is -2.07. The number of hydrogen-bond donors (Lipinski definition) is 0. The van der Waals surface area contributed by atoms with Gasteiger partial charge in [0.2, 0.25) is 0 Å². The van der Waals surface area contributed by atoms with E-state index in [1.54, 1.807) is 0 Å². The predicted octanol–water partition coefficient (Wildman–Crippen LogP) is 1.71. The molecule has 1 rings (SSSR count). The van der Waals surface area contributed by atoms with Crippen LogP contribution in [0.4, 0.5) is 0 Å². The Morgan fingerprint density at radius 2 is 1.44 bits per heavy atom. The van der Waals surface area contributed by atoms with E-state index >= 15 is 0 Å². The Kier molecular flexibility index (Phi) is 8.34. The zero-order valence-electron chi connectivity index (χ0n) is 10.3. The number of benzene rings is 1. The predicted molar refractivity (Wildman–Crippen MR) is 68.4 cm³/mol. The molecule has 0 heterocycles. The highest BCUT2D eigenvalue weighted by atomic mass is 16.6. The average molecular weight is 250 g/mol.